The van der Waals surface area contributed by atoms with Crippen LogP contribution in [-0.4, -0.2) is 42.9 Å². The number of piperidine rings is 1. The summed E-state index contributed by atoms with van der Waals surface area (Å²) < 4.78 is 1.98. The normalized spacial score (nSPS) is 18.8. The summed E-state index contributed by atoms with van der Waals surface area (Å²) in [5.74, 6) is 3.89. The van der Waals surface area contributed by atoms with Crippen molar-refractivity contribution < 1.29 is 0 Å². The van der Waals surface area contributed by atoms with Gasteiger partial charge < -0.3 is 4.90 Å². The molecule has 7 nitrogen and oxygen atoms in total. The lowest BCUT2D eigenvalue weighted by Crippen LogP contribution is -2.34. The van der Waals surface area contributed by atoms with Gasteiger partial charge in [-0.1, -0.05) is 0 Å². The molecule has 2 aliphatic rings. The van der Waals surface area contributed by atoms with E-state index in [1.165, 1.54) is 18.5 Å². The highest BCUT2D eigenvalue weighted by atomic mass is 15.4. The van der Waals surface area contributed by atoms with E-state index in [9.17, 15) is 0 Å². The summed E-state index contributed by atoms with van der Waals surface area (Å²) in [6.45, 7) is 3.87. The first-order valence-electron chi connectivity index (χ1n) is 9.05. The molecule has 0 aromatic carbocycles. The maximum atomic E-state index is 4.82. The van der Waals surface area contributed by atoms with Gasteiger partial charge in [-0.3, -0.25) is 0 Å². The first-order valence-corrected chi connectivity index (χ1v) is 9.05. The van der Waals surface area contributed by atoms with E-state index in [2.05, 4.69) is 37.2 Å². The van der Waals surface area contributed by atoms with E-state index in [1.807, 2.05) is 23.7 Å². The van der Waals surface area contributed by atoms with Gasteiger partial charge in [0.2, 0.25) is 0 Å². The fraction of sp³-hybridized carbons (Fsp3) is 0.500. The van der Waals surface area contributed by atoms with Crippen LogP contribution in [0.15, 0.2) is 24.4 Å². The summed E-state index contributed by atoms with van der Waals surface area (Å²) in [4.78, 5) is 11.1. The van der Waals surface area contributed by atoms with E-state index in [-0.39, 0.29) is 0 Å². The molecule has 0 unspecified atom stereocenters. The minimum absolute atomic E-state index is 0.399. The van der Waals surface area contributed by atoms with E-state index < -0.39 is 0 Å². The number of fused-ring (bicyclic) bond motifs is 1. The van der Waals surface area contributed by atoms with Crippen LogP contribution in [0.1, 0.15) is 54.9 Å². The zero-order valence-corrected chi connectivity index (χ0v) is 14.3. The molecule has 4 heterocycles. The smallest absolute Gasteiger partial charge is 0.177 e. The van der Waals surface area contributed by atoms with Gasteiger partial charge in [0.1, 0.15) is 11.6 Å². The maximum Gasteiger partial charge on any atom is 0.177 e. The molecule has 0 N–H and O–H groups in total. The zero-order valence-electron chi connectivity index (χ0n) is 14.3. The molecular weight excluding hydrogens is 314 g/mol. The molecular formula is C18H21N7. The Bertz CT molecular complexity index is 907. The van der Waals surface area contributed by atoms with Gasteiger partial charge in [-0.2, -0.15) is 9.61 Å². The number of rotatable bonds is 3. The lowest BCUT2D eigenvalue weighted by atomic mass is 9.96. The molecule has 1 aliphatic heterocycles. The first-order chi connectivity index (χ1) is 12.3. The van der Waals surface area contributed by atoms with E-state index in [4.69, 9.17) is 5.10 Å². The topological polar surface area (TPSA) is 72.1 Å². The van der Waals surface area contributed by atoms with Gasteiger partial charge in [0, 0.05) is 31.1 Å². The van der Waals surface area contributed by atoms with Crippen molar-refractivity contribution in [1.29, 1.82) is 0 Å². The van der Waals surface area contributed by atoms with Gasteiger partial charge in [-0.25, -0.2) is 9.97 Å². The molecule has 0 amide bonds. The summed E-state index contributed by atoms with van der Waals surface area (Å²) in [6, 6.07) is 6.14. The van der Waals surface area contributed by atoms with Crippen molar-refractivity contribution in [1.82, 2.24) is 29.8 Å². The van der Waals surface area contributed by atoms with Gasteiger partial charge in [-0.05, 0) is 50.8 Å². The Morgan fingerprint density at radius 1 is 0.960 bits per heavy atom. The fourth-order valence-corrected chi connectivity index (χ4v) is 3.66. The quantitative estimate of drug-likeness (QED) is 0.732. The Kier molecular flexibility index (Phi) is 3.39. The van der Waals surface area contributed by atoms with Gasteiger partial charge >= 0.3 is 0 Å². The van der Waals surface area contributed by atoms with Crippen LogP contribution in [0, 0.1) is 6.92 Å². The molecule has 2 fully saturated rings. The molecule has 1 saturated carbocycles. The van der Waals surface area contributed by atoms with Crippen LogP contribution in [0.4, 0.5) is 5.82 Å². The van der Waals surface area contributed by atoms with Crippen LogP contribution in [0.3, 0.4) is 0 Å². The van der Waals surface area contributed by atoms with E-state index in [1.54, 1.807) is 0 Å². The van der Waals surface area contributed by atoms with Crippen LogP contribution in [0.2, 0.25) is 0 Å². The molecule has 7 heteroatoms. The summed E-state index contributed by atoms with van der Waals surface area (Å²) >= 11 is 0. The van der Waals surface area contributed by atoms with E-state index in [0.29, 0.717) is 11.8 Å². The molecule has 128 valence electrons. The van der Waals surface area contributed by atoms with Crippen LogP contribution in [0.5, 0.6) is 0 Å². The van der Waals surface area contributed by atoms with Crippen LogP contribution < -0.4 is 4.90 Å². The number of anilines is 1. The van der Waals surface area contributed by atoms with Crippen molar-refractivity contribution in [2.45, 2.75) is 44.4 Å². The highest BCUT2D eigenvalue weighted by molar-refractivity contribution is 5.40. The molecule has 0 spiro atoms. The van der Waals surface area contributed by atoms with Crippen molar-refractivity contribution in [2.75, 3.05) is 18.0 Å². The highest BCUT2D eigenvalue weighted by Gasteiger charge is 2.28. The number of aryl methyl sites for hydroxylation is 1. The number of hydrogen-bond acceptors (Lipinski definition) is 6. The van der Waals surface area contributed by atoms with Gasteiger partial charge in [-0.15, -0.1) is 10.2 Å². The monoisotopic (exact) mass is 335 g/mol. The molecule has 3 aromatic heterocycles. The van der Waals surface area contributed by atoms with Crippen molar-refractivity contribution in [2.24, 2.45) is 0 Å². The Labute approximate surface area is 146 Å². The molecule has 1 saturated heterocycles. The maximum absolute atomic E-state index is 4.82. The average Bonchev–Trinajstić information content (AvgIpc) is 3.41. The predicted molar refractivity (Wildman–Crippen MR) is 93.7 cm³/mol. The third kappa shape index (κ3) is 2.73. The minimum Gasteiger partial charge on any atom is -0.356 e. The summed E-state index contributed by atoms with van der Waals surface area (Å²) in [7, 11) is 0. The summed E-state index contributed by atoms with van der Waals surface area (Å²) in [6.07, 6.45) is 6.43. The zero-order chi connectivity index (χ0) is 16.8. The summed E-state index contributed by atoms with van der Waals surface area (Å²) in [5, 5.41) is 13.6. The van der Waals surface area contributed by atoms with Crippen molar-refractivity contribution in [3.8, 4) is 0 Å². The molecule has 25 heavy (non-hydrogen) atoms. The second kappa shape index (κ2) is 5.75. The van der Waals surface area contributed by atoms with Crippen molar-refractivity contribution in [3.63, 3.8) is 0 Å². The number of hydrogen-bond donors (Lipinski definition) is 0. The van der Waals surface area contributed by atoms with Gasteiger partial charge in [0.05, 0.1) is 5.69 Å². The Balaban J connectivity index is 1.37. The lowest BCUT2D eigenvalue weighted by Gasteiger charge is -2.31. The van der Waals surface area contributed by atoms with E-state index in [0.717, 1.165) is 49.0 Å². The Morgan fingerprint density at radius 3 is 2.56 bits per heavy atom. The van der Waals surface area contributed by atoms with Crippen LogP contribution in [0.25, 0.3) is 5.65 Å². The first kappa shape index (κ1) is 14.7. The molecule has 0 atom stereocenters. The molecule has 1 aliphatic carbocycles. The lowest BCUT2D eigenvalue weighted by molar-refractivity contribution is 0.474. The third-order valence-electron chi connectivity index (χ3n) is 5.25. The summed E-state index contributed by atoms with van der Waals surface area (Å²) in [5.41, 5.74) is 2.04. The highest BCUT2D eigenvalue weighted by Crippen LogP contribution is 2.39. The Hall–Kier alpha value is -2.57. The number of nitrogens with zero attached hydrogens (tertiary/aromatic N) is 7. The molecule has 3 aromatic rings. The van der Waals surface area contributed by atoms with E-state index >= 15 is 0 Å². The van der Waals surface area contributed by atoms with Gasteiger partial charge in [0.25, 0.3) is 0 Å². The number of aromatic nitrogens is 6. The molecule has 5 rings (SSSR count). The second-order valence-corrected chi connectivity index (χ2v) is 7.08. The van der Waals surface area contributed by atoms with Crippen molar-refractivity contribution in [3.05, 3.63) is 41.7 Å². The average molecular weight is 335 g/mol. The largest absolute Gasteiger partial charge is 0.356 e. The molecule has 0 radical (unpaired) electrons. The Morgan fingerprint density at radius 2 is 1.80 bits per heavy atom. The standard InChI is InChI=1S/C18H21N7/c1-12-19-9-6-16(20-12)24-10-7-14(8-11-24)18-22-21-17-5-4-15(13-2-3-13)23-25(17)18/h4-6,9,13-14H,2-3,7-8,10-11H2,1H3. The SMILES string of the molecule is Cc1nccc(N2CCC(c3nnc4ccc(C5CC5)nn34)CC2)n1. The molecule has 0 bridgehead atoms. The third-order valence-corrected chi connectivity index (χ3v) is 5.25. The minimum atomic E-state index is 0.399. The second-order valence-electron chi connectivity index (χ2n) is 7.08. The fourth-order valence-electron chi connectivity index (χ4n) is 3.66. The van der Waals surface area contributed by atoms with Gasteiger partial charge in [0.15, 0.2) is 11.5 Å². The predicted octanol–water partition coefficient (Wildman–Crippen LogP) is 2.48. The van der Waals surface area contributed by atoms with Crippen LogP contribution >= 0.6 is 0 Å². The van der Waals surface area contributed by atoms with Crippen molar-refractivity contribution >= 4 is 11.5 Å². The van der Waals surface area contributed by atoms with Crippen LogP contribution in [-0.2, 0) is 0 Å².